The van der Waals surface area contributed by atoms with Gasteiger partial charge in [0.25, 0.3) is 0 Å². The number of carbonyl (C=O) groups is 1. The number of nitrogens with one attached hydrogen (secondary N) is 2. The second-order valence-corrected chi connectivity index (χ2v) is 4.20. The lowest BCUT2D eigenvalue weighted by atomic mass is 9.96. The molecule has 0 bridgehead atoms. The van der Waals surface area contributed by atoms with Gasteiger partial charge in [0.2, 0.25) is 5.91 Å². The summed E-state index contributed by atoms with van der Waals surface area (Å²) in [5, 5.41) is 6.33. The van der Waals surface area contributed by atoms with Gasteiger partial charge >= 0.3 is 0 Å². The molecule has 0 aromatic rings. The lowest BCUT2D eigenvalue weighted by Gasteiger charge is -2.43. The van der Waals surface area contributed by atoms with Gasteiger partial charge in [-0.3, -0.25) is 4.79 Å². The lowest BCUT2D eigenvalue weighted by Crippen LogP contribution is -2.67. The molecule has 1 rings (SSSR count). The predicted octanol–water partition coefficient (Wildman–Crippen LogP) is 0.280. The molecule has 4 nitrogen and oxygen atoms in total. The average molecular weight is 200 g/mol. The molecule has 1 heterocycles. The highest BCUT2D eigenvalue weighted by molar-refractivity contribution is 5.75. The van der Waals surface area contributed by atoms with Crippen LogP contribution in [0.15, 0.2) is 0 Å². The second-order valence-electron chi connectivity index (χ2n) is 4.20. The number of hydrogen-bond acceptors (Lipinski definition) is 3. The van der Waals surface area contributed by atoms with Gasteiger partial charge < -0.3 is 15.4 Å². The number of carbonyl (C=O) groups excluding carboxylic acids is 1. The Balaban J connectivity index is 2.34. The van der Waals surface area contributed by atoms with Crippen LogP contribution in [0.1, 0.15) is 27.2 Å². The van der Waals surface area contributed by atoms with E-state index in [2.05, 4.69) is 24.5 Å². The first kappa shape index (κ1) is 11.5. The Morgan fingerprint density at radius 3 is 2.50 bits per heavy atom. The Kier molecular flexibility index (Phi) is 3.89. The van der Waals surface area contributed by atoms with E-state index in [1.165, 1.54) is 0 Å². The van der Waals surface area contributed by atoms with Gasteiger partial charge in [0.1, 0.15) is 0 Å². The summed E-state index contributed by atoms with van der Waals surface area (Å²) in [5.74, 6) is 0.0989. The van der Waals surface area contributed by atoms with Crippen LogP contribution in [0.3, 0.4) is 0 Å². The molecular formula is C10H20N2O2. The molecule has 4 heteroatoms. The van der Waals surface area contributed by atoms with Crippen LogP contribution in [0.2, 0.25) is 0 Å². The molecule has 1 aliphatic rings. The maximum absolute atomic E-state index is 11.1. The zero-order valence-electron chi connectivity index (χ0n) is 9.22. The number of rotatable bonds is 5. The molecule has 2 N–H and O–H groups in total. The van der Waals surface area contributed by atoms with Crippen LogP contribution in [-0.4, -0.2) is 37.2 Å². The minimum atomic E-state index is -0.0288. The van der Waals surface area contributed by atoms with Gasteiger partial charge in [-0.2, -0.15) is 0 Å². The van der Waals surface area contributed by atoms with E-state index in [0.29, 0.717) is 32.2 Å². The minimum absolute atomic E-state index is 0.0288. The molecule has 1 amide bonds. The van der Waals surface area contributed by atoms with Crippen molar-refractivity contribution in [3.05, 3.63) is 0 Å². The van der Waals surface area contributed by atoms with E-state index < -0.39 is 0 Å². The standard InChI is InChI=1S/C10H20N2O2/c1-4-9(13)11-5-10(6-14-7-10)12-8(2)3/h8,12H,4-7H2,1-3H3,(H,11,13). The predicted molar refractivity (Wildman–Crippen MR) is 55.1 cm³/mol. The first-order valence-corrected chi connectivity index (χ1v) is 5.20. The van der Waals surface area contributed by atoms with Crippen molar-refractivity contribution >= 4 is 5.91 Å². The third-order valence-electron chi connectivity index (χ3n) is 2.30. The summed E-state index contributed by atoms with van der Waals surface area (Å²) in [7, 11) is 0. The smallest absolute Gasteiger partial charge is 0.219 e. The summed E-state index contributed by atoms with van der Waals surface area (Å²) < 4.78 is 5.19. The van der Waals surface area contributed by atoms with E-state index in [0.717, 1.165) is 0 Å². The molecule has 0 aromatic carbocycles. The first-order valence-electron chi connectivity index (χ1n) is 5.20. The highest BCUT2D eigenvalue weighted by Crippen LogP contribution is 2.16. The van der Waals surface area contributed by atoms with Crippen LogP contribution in [0.5, 0.6) is 0 Å². The number of amides is 1. The van der Waals surface area contributed by atoms with Gasteiger partial charge in [-0.15, -0.1) is 0 Å². The maximum atomic E-state index is 11.1. The highest BCUT2D eigenvalue weighted by Gasteiger charge is 2.38. The van der Waals surface area contributed by atoms with Gasteiger partial charge in [0, 0.05) is 19.0 Å². The minimum Gasteiger partial charge on any atom is -0.377 e. The van der Waals surface area contributed by atoms with E-state index in [9.17, 15) is 4.79 Å². The summed E-state index contributed by atoms with van der Waals surface area (Å²) in [6.07, 6.45) is 0.540. The van der Waals surface area contributed by atoms with E-state index in [4.69, 9.17) is 4.74 Å². The van der Waals surface area contributed by atoms with Crippen LogP contribution in [0.4, 0.5) is 0 Å². The van der Waals surface area contributed by atoms with Crippen LogP contribution >= 0.6 is 0 Å². The van der Waals surface area contributed by atoms with Gasteiger partial charge in [0.15, 0.2) is 0 Å². The SMILES string of the molecule is CCC(=O)NCC1(NC(C)C)COC1. The number of ether oxygens (including phenoxy) is 1. The van der Waals surface area contributed by atoms with E-state index >= 15 is 0 Å². The van der Waals surface area contributed by atoms with E-state index in [1.807, 2.05) is 6.92 Å². The second kappa shape index (κ2) is 4.75. The Labute approximate surface area is 85.4 Å². The Morgan fingerprint density at radius 2 is 2.14 bits per heavy atom. The molecule has 1 fully saturated rings. The third kappa shape index (κ3) is 2.96. The normalized spacial score (nSPS) is 19.1. The van der Waals surface area contributed by atoms with Crippen LogP contribution in [-0.2, 0) is 9.53 Å². The molecule has 0 aliphatic carbocycles. The summed E-state index contributed by atoms with van der Waals surface area (Å²) in [6.45, 7) is 8.10. The molecule has 1 aliphatic heterocycles. The van der Waals surface area contributed by atoms with Gasteiger partial charge in [0.05, 0.1) is 18.8 Å². The fourth-order valence-corrected chi connectivity index (χ4v) is 1.59. The highest BCUT2D eigenvalue weighted by atomic mass is 16.5. The average Bonchev–Trinajstić information content (AvgIpc) is 2.08. The fraction of sp³-hybridized carbons (Fsp3) is 0.900. The molecule has 0 saturated carbocycles. The molecule has 0 aromatic heterocycles. The number of hydrogen-bond donors (Lipinski definition) is 2. The molecular weight excluding hydrogens is 180 g/mol. The monoisotopic (exact) mass is 200 g/mol. The third-order valence-corrected chi connectivity index (χ3v) is 2.30. The lowest BCUT2D eigenvalue weighted by molar-refractivity contribution is -0.123. The van der Waals surface area contributed by atoms with Crippen molar-refractivity contribution in [2.45, 2.75) is 38.8 Å². The van der Waals surface area contributed by atoms with Crippen molar-refractivity contribution < 1.29 is 9.53 Å². The van der Waals surface area contributed by atoms with Crippen molar-refractivity contribution in [1.82, 2.24) is 10.6 Å². The molecule has 0 atom stereocenters. The summed E-state index contributed by atoms with van der Waals surface area (Å²) in [6, 6.07) is 0.414. The Morgan fingerprint density at radius 1 is 1.50 bits per heavy atom. The van der Waals surface area contributed by atoms with Crippen LogP contribution < -0.4 is 10.6 Å². The maximum Gasteiger partial charge on any atom is 0.219 e. The Hall–Kier alpha value is -0.610. The quantitative estimate of drug-likeness (QED) is 0.670. The van der Waals surface area contributed by atoms with Gasteiger partial charge in [-0.1, -0.05) is 20.8 Å². The van der Waals surface area contributed by atoms with Crippen molar-refractivity contribution in [2.75, 3.05) is 19.8 Å². The molecule has 0 radical (unpaired) electrons. The zero-order chi connectivity index (χ0) is 10.6. The fourth-order valence-electron chi connectivity index (χ4n) is 1.59. The molecule has 0 unspecified atom stereocenters. The van der Waals surface area contributed by atoms with E-state index in [1.54, 1.807) is 0 Å². The van der Waals surface area contributed by atoms with Crippen molar-refractivity contribution in [3.63, 3.8) is 0 Å². The zero-order valence-corrected chi connectivity index (χ0v) is 9.22. The van der Waals surface area contributed by atoms with Crippen molar-refractivity contribution in [1.29, 1.82) is 0 Å². The van der Waals surface area contributed by atoms with Crippen molar-refractivity contribution in [3.8, 4) is 0 Å². The van der Waals surface area contributed by atoms with Crippen molar-refractivity contribution in [2.24, 2.45) is 0 Å². The first-order chi connectivity index (χ1) is 6.58. The largest absolute Gasteiger partial charge is 0.377 e. The summed E-state index contributed by atoms with van der Waals surface area (Å²) in [4.78, 5) is 11.1. The molecule has 14 heavy (non-hydrogen) atoms. The van der Waals surface area contributed by atoms with Gasteiger partial charge in [-0.05, 0) is 0 Å². The molecule has 0 spiro atoms. The summed E-state index contributed by atoms with van der Waals surface area (Å²) >= 11 is 0. The van der Waals surface area contributed by atoms with Gasteiger partial charge in [-0.25, -0.2) is 0 Å². The topological polar surface area (TPSA) is 50.4 Å². The van der Waals surface area contributed by atoms with Crippen LogP contribution in [0.25, 0.3) is 0 Å². The molecule has 1 saturated heterocycles. The molecule has 82 valence electrons. The van der Waals surface area contributed by atoms with E-state index in [-0.39, 0.29) is 11.4 Å². The summed E-state index contributed by atoms with van der Waals surface area (Å²) in [5.41, 5.74) is -0.0288. The van der Waals surface area contributed by atoms with Crippen LogP contribution in [0, 0.1) is 0 Å². The Bertz CT molecular complexity index is 200.